The maximum atomic E-state index is 13.0. The molecule has 0 radical (unpaired) electrons. The predicted molar refractivity (Wildman–Crippen MR) is 156 cm³/mol. The second kappa shape index (κ2) is 14.3. The zero-order valence-electron chi connectivity index (χ0n) is 23.2. The Balaban J connectivity index is 1.81. The number of rotatable bonds is 13. The van der Waals surface area contributed by atoms with Crippen molar-refractivity contribution in [2.45, 2.75) is 27.7 Å². The van der Waals surface area contributed by atoms with E-state index >= 15 is 0 Å². The van der Waals surface area contributed by atoms with Gasteiger partial charge in [-0.05, 0) is 55.8 Å². The molecule has 3 rings (SSSR count). The summed E-state index contributed by atoms with van der Waals surface area (Å²) >= 11 is 0.692. The van der Waals surface area contributed by atoms with Gasteiger partial charge in [-0.1, -0.05) is 19.9 Å². The van der Waals surface area contributed by atoms with Crippen LogP contribution in [0.25, 0.3) is 6.08 Å². The van der Waals surface area contributed by atoms with Crippen molar-refractivity contribution >= 4 is 57.9 Å². The van der Waals surface area contributed by atoms with Gasteiger partial charge in [0.15, 0.2) is 6.61 Å². The summed E-state index contributed by atoms with van der Waals surface area (Å²) in [6, 6.07) is 10.8. The van der Waals surface area contributed by atoms with Crippen LogP contribution in [0.5, 0.6) is 5.75 Å². The van der Waals surface area contributed by atoms with Crippen molar-refractivity contribution in [3.8, 4) is 5.75 Å². The molecule has 41 heavy (non-hydrogen) atoms. The number of hydrogen-bond acceptors (Lipinski definition) is 10. The molecule has 0 spiro atoms. The molecule has 0 unspecified atom stereocenters. The first-order chi connectivity index (χ1) is 19.5. The lowest BCUT2D eigenvalue weighted by molar-refractivity contribution is -0.384. The first kappa shape index (κ1) is 31.1. The van der Waals surface area contributed by atoms with Gasteiger partial charge in [0.2, 0.25) is 0 Å². The average molecular weight is 585 g/mol. The van der Waals surface area contributed by atoms with Crippen molar-refractivity contribution < 1.29 is 33.6 Å². The van der Waals surface area contributed by atoms with Crippen LogP contribution in [0.4, 0.5) is 21.9 Å². The molecule has 1 aliphatic rings. The minimum absolute atomic E-state index is 0.0909. The fourth-order valence-corrected chi connectivity index (χ4v) is 4.63. The third-order valence-electron chi connectivity index (χ3n) is 5.85. The number of thioether (sulfide) groups is 1. The van der Waals surface area contributed by atoms with Gasteiger partial charge in [-0.25, -0.2) is 0 Å². The number of nitrogens with one attached hydrogen (secondary N) is 1. The first-order valence-electron chi connectivity index (χ1n) is 13.0. The van der Waals surface area contributed by atoms with Gasteiger partial charge in [-0.3, -0.25) is 34.2 Å². The minimum Gasteiger partial charge on any atom is -0.483 e. The summed E-state index contributed by atoms with van der Waals surface area (Å²) < 4.78 is 10.9. The van der Waals surface area contributed by atoms with E-state index in [1.54, 1.807) is 12.1 Å². The number of nitro benzene ring substituents is 1. The summed E-state index contributed by atoms with van der Waals surface area (Å²) in [4.78, 5) is 63.6. The minimum atomic E-state index is -0.676. The molecule has 0 bridgehead atoms. The Morgan fingerprint density at radius 2 is 1.88 bits per heavy atom. The monoisotopic (exact) mass is 584 g/mol. The number of amides is 3. The van der Waals surface area contributed by atoms with Crippen LogP contribution in [-0.2, 0) is 19.1 Å². The summed E-state index contributed by atoms with van der Waals surface area (Å²) in [5, 5.41) is 13.0. The van der Waals surface area contributed by atoms with Crippen LogP contribution in [0.15, 0.2) is 47.4 Å². The summed E-state index contributed by atoms with van der Waals surface area (Å²) in [6.07, 6.45) is 1.48. The van der Waals surface area contributed by atoms with Gasteiger partial charge in [0.25, 0.3) is 22.7 Å². The van der Waals surface area contributed by atoms with Crippen molar-refractivity contribution in [2.24, 2.45) is 5.92 Å². The van der Waals surface area contributed by atoms with Gasteiger partial charge in [-0.15, -0.1) is 0 Å². The SMILES string of the molecule is CCN(CC)c1ccc(/C=C2/SC(=O)N(CC(=O)OCC(C)C)C2=O)c(OCC(=O)Nc2cccc([N+](=O)[O-])c2)c1. The molecule has 0 atom stereocenters. The lowest BCUT2D eigenvalue weighted by atomic mass is 10.1. The summed E-state index contributed by atoms with van der Waals surface area (Å²) in [5.74, 6) is -1.47. The molecule has 0 aromatic heterocycles. The summed E-state index contributed by atoms with van der Waals surface area (Å²) in [5.41, 5.74) is 1.34. The summed E-state index contributed by atoms with van der Waals surface area (Å²) in [7, 11) is 0. The molecule has 1 heterocycles. The second-order valence-electron chi connectivity index (χ2n) is 9.38. The molecular weight excluding hydrogens is 552 g/mol. The van der Waals surface area contributed by atoms with Crippen LogP contribution in [0.1, 0.15) is 33.3 Å². The standard InChI is InChI=1S/C28H32N4O8S/c1-5-30(6-2)21-11-10-19(12-24-27(35)31(28(36)41-24)15-26(34)40-16-18(3)4)23(14-21)39-17-25(33)29-20-8-7-9-22(13-20)32(37)38/h7-14,18H,5-6,15-17H2,1-4H3,(H,29,33)/b24-12+. The second-order valence-corrected chi connectivity index (χ2v) is 10.4. The Morgan fingerprint density at radius 3 is 2.54 bits per heavy atom. The molecule has 1 saturated heterocycles. The number of imide groups is 1. The van der Waals surface area contributed by atoms with E-state index in [0.29, 0.717) is 30.4 Å². The van der Waals surface area contributed by atoms with E-state index in [0.717, 1.165) is 10.6 Å². The number of non-ortho nitro benzene ring substituents is 1. The third-order valence-corrected chi connectivity index (χ3v) is 6.76. The molecule has 3 amide bonds. The number of carbonyl (C=O) groups is 4. The van der Waals surface area contributed by atoms with Gasteiger partial charge in [-0.2, -0.15) is 0 Å². The van der Waals surface area contributed by atoms with Crippen LogP contribution in [0.2, 0.25) is 0 Å². The van der Waals surface area contributed by atoms with Crippen molar-refractivity contribution in [1.82, 2.24) is 4.90 Å². The normalized spacial score (nSPS) is 14.0. The molecule has 1 N–H and O–H groups in total. The van der Waals surface area contributed by atoms with E-state index in [9.17, 15) is 29.3 Å². The maximum Gasteiger partial charge on any atom is 0.326 e. The Bertz CT molecular complexity index is 1360. The van der Waals surface area contributed by atoms with Crippen molar-refractivity contribution in [1.29, 1.82) is 0 Å². The Kier molecular flexibility index (Phi) is 10.9. The number of hydrogen-bond donors (Lipinski definition) is 1. The highest BCUT2D eigenvalue weighted by Crippen LogP contribution is 2.35. The van der Waals surface area contributed by atoms with Crippen molar-refractivity contribution in [3.05, 3.63) is 63.0 Å². The van der Waals surface area contributed by atoms with E-state index in [-0.39, 0.29) is 34.6 Å². The van der Waals surface area contributed by atoms with Crippen LogP contribution < -0.4 is 15.0 Å². The summed E-state index contributed by atoms with van der Waals surface area (Å²) in [6.45, 7) is 8.43. The van der Waals surface area contributed by atoms with E-state index in [4.69, 9.17) is 9.47 Å². The van der Waals surface area contributed by atoms with Gasteiger partial charge in [0.05, 0.1) is 16.4 Å². The number of carbonyl (C=O) groups excluding carboxylic acids is 4. The van der Waals surface area contributed by atoms with E-state index in [1.807, 2.05) is 33.8 Å². The van der Waals surface area contributed by atoms with Gasteiger partial charge in [0.1, 0.15) is 12.3 Å². The highest BCUT2D eigenvalue weighted by molar-refractivity contribution is 8.18. The molecular formula is C28H32N4O8S. The van der Waals surface area contributed by atoms with Crippen molar-refractivity contribution in [2.75, 3.05) is 43.1 Å². The van der Waals surface area contributed by atoms with E-state index in [1.165, 1.54) is 30.3 Å². The Morgan fingerprint density at radius 1 is 1.15 bits per heavy atom. The Labute approximate surface area is 241 Å². The van der Waals surface area contributed by atoms with E-state index < -0.39 is 41.1 Å². The van der Waals surface area contributed by atoms with Gasteiger partial charge >= 0.3 is 5.97 Å². The number of nitro groups is 1. The van der Waals surface area contributed by atoms with Crippen LogP contribution in [0, 0.1) is 16.0 Å². The molecule has 12 nitrogen and oxygen atoms in total. The molecule has 218 valence electrons. The average Bonchev–Trinajstić information content (AvgIpc) is 3.19. The lowest BCUT2D eigenvalue weighted by Crippen LogP contribution is -2.34. The Hall–Kier alpha value is -4.39. The molecule has 13 heteroatoms. The third kappa shape index (κ3) is 8.55. The quantitative estimate of drug-likeness (QED) is 0.152. The van der Waals surface area contributed by atoms with Crippen LogP contribution in [-0.4, -0.2) is 65.7 Å². The molecule has 2 aromatic carbocycles. The molecule has 0 aliphatic carbocycles. The smallest absolute Gasteiger partial charge is 0.326 e. The predicted octanol–water partition coefficient (Wildman–Crippen LogP) is 4.69. The van der Waals surface area contributed by atoms with Crippen molar-refractivity contribution in [3.63, 3.8) is 0 Å². The molecule has 1 fully saturated rings. The van der Waals surface area contributed by atoms with E-state index in [2.05, 4.69) is 10.2 Å². The highest BCUT2D eigenvalue weighted by Gasteiger charge is 2.37. The highest BCUT2D eigenvalue weighted by atomic mass is 32.2. The van der Waals surface area contributed by atoms with Crippen LogP contribution >= 0.6 is 11.8 Å². The number of esters is 1. The first-order valence-corrected chi connectivity index (χ1v) is 13.8. The molecule has 1 aliphatic heterocycles. The fourth-order valence-electron chi connectivity index (χ4n) is 3.80. The largest absolute Gasteiger partial charge is 0.483 e. The number of nitrogens with zero attached hydrogens (tertiary/aromatic N) is 3. The van der Waals surface area contributed by atoms with Gasteiger partial charge in [0, 0.05) is 48.2 Å². The number of anilines is 2. The maximum absolute atomic E-state index is 13.0. The number of benzene rings is 2. The zero-order valence-corrected chi connectivity index (χ0v) is 24.1. The molecule has 2 aromatic rings. The zero-order chi connectivity index (χ0) is 30.1. The topological polar surface area (TPSA) is 148 Å². The molecule has 0 saturated carbocycles. The van der Waals surface area contributed by atoms with Crippen LogP contribution in [0.3, 0.4) is 0 Å². The number of ether oxygens (including phenoxy) is 2. The van der Waals surface area contributed by atoms with Gasteiger partial charge < -0.3 is 19.7 Å². The fraction of sp³-hybridized carbons (Fsp3) is 0.357. The lowest BCUT2D eigenvalue weighted by Gasteiger charge is -2.22.